The van der Waals surface area contributed by atoms with Gasteiger partial charge in [-0.2, -0.15) is 0 Å². The summed E-state index contributed by atoms with van der Waals surface area (Å²) in [6, 6.07) is 5.95. The van der Waals surface area contributed by atoms with Crippen LogP contribution < -0.4 is 11.1 Å². The van der Waals surface area contributed by atoms with E-state index in [1.54, 1.807) is 0 Å². The van der Waals surface area contributed by atoms with Gasteiger partial charge in [0.05, 0.1) is 12.6 Å². The van der Waals surface area contributed by atoms with Crippen molar-refractivity contribution in [1.82, 2.24) is 5.32 Å². The van der Waals surface area contributed by atoms with Crippen LogP contribution in [0.3, 0.4) is 0 Å². The molecular weight excluding hydrogens is 234 g/mol. The van der Waals surface area contributed by atoms with E-state index >= 15 is 0 Å². The fourth-order valence-corrected chi connectivity index (χ4v) is 2.00. The SMILES string of the molecule is C=Cc1cccc(C(N)C2=NCCN2)c1C.Cl. The molecule has 17 heavy (non-hydrogen) atoms. The Morgan fingerprint density at radius 2 is 2.29 bits per heavy atom. The maximum absolute atomic E-state index is 6.20. The van der Waals surface area contributed by atoms with Crippen molar-refractivity contribution in [3.8, 4) is 0 Å². The third-order valence-corrected chi connectivity index (χ3v) is 2.97. The van der Waals surface area contributed by atoms with Crippen LogP contribution in [-0.2, 0) is 0 Å². The van der Waals surface area contributed by atoms with Crippen molar-refractivity contribution in [2.45, 2.75) is 13.0 Å². The number of hydrogen-bond acceptors (Lipinski definition) is 3. The summed E-state index contributed by atoms with van der Waals surface area (Å²) in [4.78, 5) is 4.36. The monoisotopic (exact) mass is 251 g/mol. The molecule has 0 aliphatic carbocycles. The standard InChI is InChI=1S/C13H17N3.ClH/c1-3-10-5-4-6-11(9(10)2)12(14)13-15-7-8-16-13;/h3-6,12H,1,7-8,14H2,2H3,(H,15,16);1H. The first-order valence-electron chi connectivity index (χ1n) is 5.50. The molecule has 4 heteroatoms. The molecule has 2 rings (SSSR count). The molecule has 92 valence electrons. The summed E-state index contributed by atoms with van der Waals surface area (Å²) in [5.41, 5.74) is 9.63. The van der Waals surface area contributed by atoms with Crippen LogP contribution in [0, 0.1) is 6.92 Å². The molecule has 0 spiro atoms. The minimum atomic E-state index is -0.151. The number of nitrogens with two attached hydrogens (primary N) is 1. The summed E-state index contributed by atoms with van der Waals surface area (Å²) < 4.78 is 0. The van der Waals surface area contributed by atoms with Crippen LogP contribution in [0.5, 0.6) is 0 Å². The molecular formula is C13H18ClN3. The summed E-state index contributed by atoms with van der Waals surface area (Å²) in [5, 5.41) is 3.22. The maximum atomic E-state index is 6.20. The number of halogens is 1. The molecule has 1 aromatic carbocycles. The predicted molar refractivity (Wildman–Crippen MR) is 75.8 cm³/mol. The summed E-state index contributed by atoms with van der Waals surface area (Å²) in [6.07, 6.45) is 1.86. The lowest BCUT2D eigenvalue weighted by Crippen LogP contribution is -2.31. The number of amidine groups is 1. The molecule has 1 aliphatic rings. The number of aliphatic imine (C=N–C) groups is 1. The van der Waals surface area contributed by atoms with Crippen LogP contribution in [-0.4, -0.2) is 18.9 Å². The minimum absolute atomic E-state index is 0. The van der Waals surface area contributed by atoms with E-state index in [2.05, 4.69) is 29.9 Å². The van der Waals surface area contributed by atoms with Gasteiger partial charge in [-0.05, 0) is 23.6 Å². The molecule has 1 atom stereocenters. The lowest BCUT2D eigenvalue weighted by atomic mass is 9.96. The van der Waals surface area contributed by atoms with Crippen molar-refractivity contribution in [2.75, 3.05) is 13.1 Å². The van der Waals surface area contributed by atoms with Crippen molar-refractivity contribution in [1.29, 1.82) is 0 Å². The zero-order chi connectivity index (χ0) is 11.5. The van der Waals surface area contributed by atoms with E-state index in [4.69, 9.17) is 5.73 Å². The molecule has 0 bridgehead atoms. The van der Waals surface area contributed by atoms with Gasteiger partial charge in [-0.15, -0.1) is 12.4 Å². The van der Waals surface area contributed by atoms with Crippen molar-refractivity contribution in [2.24, 2.45) is 10.7 Å². The highest BCUT2D eigenvalue weighted by Gasteiger charge is 2.18. The smallest absolute Gasteiger partial charge is 0.118 e. The van der Waals surface area contributed by atoms with Gasteiger partial charge < -0.3 is 11.1 Å². The molecule has 1 unspecified atom stereocenters. The summed E-state index contributed by atoms with van der Waals surface area (Å²) in [6.45, 7) is 7.59. The van der Waals surface area contributed by atoms with Crippen LogP contribution in [0.15, 0.2) is 29.8 Å². The Morgan fingerprint density at radius 3 is 2.88 bits per heavy atom. The fraction of sp³-hybridized carbons (Fsp3) is 0.308. The molecule has 3 N–H and O–H groups in total. The number of nitrogens with zero attached hydrogens (tertiary/aromatic N) is 1. The Balaban J connectivity index is 0.00000144. The Hall–Kier alpha value is -1.32. The second kappa shape index (κ2) is 5.84. The summed E-state index contributed by atoms with van der Waals surface area (Å²) >= 11 is 0. The maximum Gasteiger partial charge on any atom is 0.118 e. The molecule has 0 fully saturated rings. The first-order valence-corrected chi connectivity index (χ1v) is 5.50. The normalized spacial score (nSPS) is 15.5. The van der Waals surface area contributed by atoms with Crippen molar-refractivity contribution in [3.63, 3.8) is 0 Å². The number of hydrogen-bond donors (Lipinski definition) is 2. The van der Waals surface area contributed by atoms with Gasteiger partial charge in [-0.1, -0.05) is 30.9 Å². The molecule has 0 aromatic heterocycles. The zero-order valence-corrected chi connectivity index (χ0v) is 10.8. The van der Waals surface area contributed by atoms with E-state index in [0.717, 1.165) is 30.1 Å². The van der Waals surface area contributed by atoms with Gasteiger partial charge in [0.15, 0.2) is 0 Å². The van der Waals surface area contributed by atoms with E-state index in [0.29, 0.717) is 0 Å². The van der Waals surface area contributed by atoms with Gasteiger partial charge in [0.1, 0.15) is 5.84 Å². The largest absolute Gasteiger partial charge is 0.370 e. The first-order chi connectivity index (χ1) is 7.74. The van der Waals surface area contributed by atoms with E-state index < -0.39 is 0 Å². The Morgan fingerprint density at radius 1 is 1.53 bits per heavy atom. The third kappa shape index (κ3) is 2.68. The summed E-state index contributed by atoms with van der Waals surface area (Å²) in [5.74, 6) is 0.893. The van der Waals surface area contributed by atoms with Gasteiger partial charge in [0, 0.05) is 6.54 Å². The fourth-order valence-electron chi connectivity index (χ4n) is 2.00. The molecule has 3 nitrogen and oxygen atoms in total. The van der Waals surface area contributed by atoms with Gasteiger partial charge in [0.2, 0.25) is 0 Å². The molecule has 0 radical (unpaired) electrons. The molecule has 1 aromatic rings. The third-order valence-electron chi connectivity index (χ3n) is 2.97. The van der Waals surface area contributed by atoms with Gasteiger partial charge >= 0.3 is 0 Å². The van der Waals surface area contributed by atoms with Crippen LogP contribution in [0.2, 0.25) is 0 Å². The lowest BCUT2D eigenvalue weighted by molar-refractivity contribution is 0.886. The van der Waals surface area contributed by atoms with Crippen LogP contribution in [0.1, 0.15) is 22.7 Å². The molecule has 1 heterocycles. The quantitative estimate of drug-likeness (QED) is 0.864. The van der Waals surface area contributed by atoms with Crippen molar-refractivity contribution >= 4 is 24.3 Å². The molecule has 1 aliphatic heterocycles. The molecule has 0 saturated carbocycles. The van der Waals surface area contributed by atoms with Crippen LogP contribution >= 0.6 is 12.4 Å². The van der Waals surface area contributed by atoms with Gasteiger partial charge in [-0.25, -0.2) is 0 Å². The Kier molecular flexibility index (Phi) is 4.73. The minimum Gasteiger partial charge on any atom is -0.370 e. The predicted octanol–water partition coefficient (Wildman–Crippen LogP) is 2.06. The van der Waals surface area contributed by atoms with Crippen molar-refractivity contribution < 1.29 is 0 Å². The highest BCUT2D eigenvalue weighted by atomic mass is 35.5. The van der Waals surface area contributed by atoms with E-state index in [9.17, 15) is 0 Å². The van der Waals surface area contributed by atoms with Crippen LogP contribution in [0.25, 0.3) is 6.08 Å². The molecule has 0 amide bonds. The second-order valence-corrected chi connectivity index (χ2v) is 3.94. The van der Waals surface area contributed by atoms with E-state index in [1.165, 1.54) is 5.56 Å². The highest BCUT2D eigenvalue weighted by molar-refractivity contribution is 5.90. The number of benzene rings is 1. The van der Waals surface area contributed by atoms with Gasteiger partial charge in [-0.3, -0.25) is 4.99 Å². The highest BCUT2D eigenvalue weighted by Crippen LogP contribution is 2.21. The lowest BCUT2D eigenvalue weighted by Gasteiger charge is -2.16. The topological polar surface area (TPSA) is 50.4 Å². The number of nitrogens with one attached hydrogen (secondary N) is 1. The average Bonchev–Trinajstić information content (AvgIpc) is 2.82. The Labute approximate surface area is 108 Å². The average molecular weight is 252 g/mol. The summed E-state index contributed by atoms with van der Waals surface area (Å²) in [7, 11) is 0. The number of rotatable bonds is 3. The molecule has 0 saturated heterocycles. The van der Waals surface area contributed by atoms with E-state index in [1.807, 2.05) is 18.2 Å². The Bertz CT molecular complexity index is 440. The van der Waals surface area contributed by atoms with Crippen LogP contribution in [0.4, 0.5) is 0 Å². The second-order valence-electron chi connectivity index (χ2n) is 3.94. The van der Waals surface area contributed by atoms with Gasteiger partial charge in [0.25, 0.3) is 0 Å². The van der Waals surface area contributed by atoms with E-state index in [-0.39, 0.29) is 18.4 Å². The first kappa shape index (κ1) is 13.7. The van der Waals surface area contributed by atoms with Crippen molar-refractivity contribution in [3.05, 3.63) is 41.5 Å². The zero-order valence-electron chi connectivity index (χ0n) is 9.94.